The number of benzene rings is 1. The molecule has 2 rings (SSSR count). The topological polar surface area (TPSA) is 32.3 Å². The summed E-state index contributed by atoms with van der Waals surface area (Å²) in [5.74, 6) is 0.202. The van der Waals surface area contributed by atoms with Crippen molar-refractivity contribution in [1.82, 2.24) is 10.2 Å². The predicted octanol–water partition coefficient (Wildman–Crippen LogP) is 2.35. The summed E-state index contributed by atoms with van der Waals surface area (Å²) in [5.41, 5.74) is 2.73. The van der Waals surface area contributed by atoms with Crippen molar-refractivity contribution in [1.29, 1.82) is 0 Å². The van der Waals surface area contributed by atoms with Gasteiger partial charge in [0, 0.05) is 32.6 Å². The van der Waals surface area contributed by atoms with Crippen LogP contribution in [0.3, 0.4) is 0 Å². The number of carbonyl (C=O) groups excluding carboxylic acids is 1. The Labute approximate surface area is 116 Å². The molecule has 0 saturated carbocycles. The predicted molar refractivity (Wildman–Crippen MR) is 77.9 cm³/mol. The van der Waals surface area contributed by atoms with Crippen molar-refractivity contribution in [3.05, 3.63) is 35.4 Å². The highest BCUT2D eigenvalue weighted by molar-refractivity contribution is 5.73. The highest BCUT2D eigenvalue weighted by Gasteiger charge is 2.19. The molecule has 0 radical (unpaired) electrons. The lowest BCUT2D eigenvalue weighted by Gasteiger charge is -2.31. The highest BCUT2D eigenvalue weighted by Crippen LogP contribution is 2.12. The van der Waals surface area contributed by atoms with Crippen LogP contribution in [0.25, 0.3) is 0 Å². The van der Waals surface area contributed by atoms with E-state index in [0.717, 1.165) is 38.9 Å². The third kappa shape index (κ3) is 4.06. The molecule has 1 N–H and O–H groups in total. The standard InChI is InChI=1S/C16H24N2O/c1-3-14-4-6-15(7-5-14)12-17-16-8-10-18(11-9-16)13(2)19/h4-7,16-17H,3,8-12H2,1-2H3. The maximum Gasteiger partial charge on any atom is 0.219 e. The summed E-state index contributed by atoms with van der Waals surface area (Å²) >= 11 is 0. The highest BCUT2D eigenvalue weighted by atomic mass is 16.2. The number of nitrogens with zero attached hydrogens (tertiary/aromatic N) is 1. The van der Waals surface area contributed by atoms with Gasteiger partial charge in [0.05, 0.1) is 0 Å². The molecule has 1 aromatic carbocycles. The summed E-state index contributed by atoms with van der Waals surface area (Å²) in [6.07, 6.45) is 3.22. The molecule has 0 bridgehead atoms. The minimum atomic E-state index is 0.202. The van der Waals surface area contributed by atoms with E-state index >= 15 is 0 Å². The van der Waals surface area contributed by atoms with Gasteiger partial charge in [-0.05, 0) is 30.4 Å². The van der Waals surface area contributed by atoms with Crippen molar-refractivity contribution in [3.8, 4) is 0 Å². The average molecular weight is 260 g/mol. The molecule has 1 aliphatic heterocycles. The quantitative estimate of drug-likeness (QED) is 0.901. The van der Waals surface area contributed by atoms with Gasteiger partial charge in [-0.3, -0.25) is 4.79 Å². The summed E-state index contributed by atoms with van der Waals surface area (Å²) < 4.78 is 0. The fourth-order valence-electron chi connectivity index (χ4n) is 2.55. The van der Waals surface area contributed by atoms with E-state index < -0.39 is 0 Å². The zero-order valence-electron chi connectivity index (χ0n) is 12.0. The van der Waals surface area contributed by atoms with Crippen LogP contribution in [0.1, 0.15) is 37.8 Å². The molecule has 1 fully saturated rings. The Kier molecular flexibility index (Phi) is 4.97. The van der Waals surface area contributed by atoms with Crippen molar-refractivity contribution in [2.75, 3.05) is 13.1 Å². The van der Waals surface area contributed by atoms with Crippen LogP contribution in [0.2, 0.25) is 0 Å². The van der Waals surface area contributed by atoms with Crippen LogP contribution in [-0.2, 0) is 17.8 Å². The number of rotatable bonds is 4. The van der Waals surface area contributed by atoms with Gasteiger partial charge in [0.2, 0.25) is 5.91 Å². The van der Waals surface area contributed by atoms with Gasteiger partial charge in [-0.25, -0.2) is 0 Å². The molecule has 0 atom stereocenters. The lowest BCUT2D eigenvalue weighted by molar-refractivity contribution is -0.129. The zero-order chi connectivity index (χ0) is 13.7. The molecule has 1 saturated heterocycles. The maximum absolute atomic E-state index is 11.3. The van der Waals surface area contributed by atoms with Gasteiger partial charge in [0.15, 0.2) is 0 Å². The van der Waals surface area contributed by atoms with E-state index in [1.54, 1.807) is 6.92 Å². The molecule has 3 nitrogen and oxygen atoms in total. The molecule has 0 aliphatic carbocycles. The Morgan fingerprint density at radius 1 is 1.21 bits per heavy atom. The van der Waals surface area contributed by atoms with Crippen LogP contribution < -0.4 is 5.32 Å². The third-order valence-electron chi connectivity index (χ3n) is 3.97. The van der Waals surface area contributed by atoms with Gasteiger partial charge in [0.1, 0.15) is 0 Å². The third-order valence-corrected chi connectivity index (χ3v) is 3.97. The fourth-order valence-corrected chi connectivity index (χ4v) is 2.55. The smallest absolute Gasteiger partial charge is 0.219 e. The van der Waals surface area contributed by atoms with Crippen molar-refractivity contribution >= 4 is 5.91 Å². The first-order valence-corrected chi connectivity index (χ1v) is 7.25. The van der Waals surface area contributed by atoms with Gasteiger partial charge < -0.3 is 10.2 Å². The van der Waals surface area contributed by atoms with Crippen LogP contribution in [0.5, 0.6) is 0 Å². The SMILES string of the molecule is CCc1ccc(CNC2CCN(C(C)=O)CC2)cc1. The number of piperidine rings is 1. The second kappa shape index (κ2) is 6.71. The molecule has 1 heterocycles. The molecule has 19 heavy (non-hydrogen) atoms. The minimum Gasteiger partial charge on any atom is -0.343 e. The maximum atomic E-state index is 11.3. The molecule has 1 amide bonds. The monoisotopic (exact) mass is 260 g/mol. The first kappa shape index (κ1) is 14.1. The molecule has 0 spiro atoms. The van der Waals surface area contributed by atoms with E-state index in [1.807, 2.05) is 4.90 Å². The Hall–Kier alpha value is -1.35. The van der Waals surface area contributed by atoms with Crippen molar-refractivity contribution in [3.63, 3.8) is 0 Å². The van der Waals surface area contributed by atoms with E-state index in [4.69, 9.17) is 0 Å². The van der Waals surface area contributed by atoms with Crippen LogP contribution in [-0.4, -0.2) is 29.9 Å². The number of hydrogen-bond donors (Lipinski definition) is 1. The van der Waals surface area contributed by atoms with Crippen molar-refractivity contribution in [2.24, 2.45) is 0 Å². The molecule has 104 valence electrons. The number of amides is 1. The molecule has 1 aliphatic rings. The number of likely N-dealkylation sites (tertiary alicyclic amines) is 1. The fraction of sp³-hybridized carbons (Fsp3) is 0.562. The molecule has 0 aromatic heterocycles. The largest absolute Gasteiger partial charge is 0.343 e. The summed E-state index contributed by atoms with van der Waals surface area (Å²) in [7, 11) is 0. The first-order chi connectivity index (χ1) is 9.19. The van der Waals surface area contributed by atoms with Crippen LogP contribution in [0.4, 0.5) is 0 Å². The lowest BCUT2D eigenvalue weighted by atomic mass is 10.0. The van der Waals surface area contributed by atoms with Crippen LogP contribution in [0.15, 0.2) is 24.3 Å². The Bertz CT molecular complexity index is 405. The minimum absolute atomic E-state index is 0.202. The average Bonchev–Trinajstić information content (AvgIpc) is 2.46. The normalized spacial score (nSPS) is 16.6. The second-order valence-corrected chi connectivity index (χ2v) is 5.33. The van der Waals surface area contributed by atoms with Crippen molar-refractivity contribution in [2.45, 2.75) is 45.7 Å². The van der Waals surface area contributed by atoms with E-state index in [1.165, 1.54) is 11.1 Å². The summed E-state index contributed by atoms with van der Waals surface area (Å²) in [6.45, 7) is 6.54. The zero-order valence-corrected chi connectivity index (χ0v) is 12.0. The van der Waals surface area contributed by atoms with Gasteiger partial charge in [-0.1, -0.05) is 31.2 Å². The summed E-state index contributed by atoms with van der Waals surface area (Å²) in [6, 6.07) is 9.36. The molecular weight excluding hydrogens is 236 g/mol. The number of hydrogen-bond acceptors (Lipinski definition) is 2. The van der Waals surface area contributed by atoms with Crippen LogP contribution >= 0.6 is 0 Å². The molecule has 1 aromatic rings. The van der Waals surface area contributed by atoms with Crippen molar-refractivity contribution < 1.29 is 4.79 Å². The second-order valence-electron chi connectivity index (χ2n) is 5.33. The Morgan fingerprint density at radius 2 is 1.79 bits per heavy atom. The Balaban J connectivity index is 1.75. The van der Waals surface area contributed by atoms with E-state index in [2.05, 4.69) is 36.5 Å². The number of nitrogens with one attached hydrogen (secondary N) is 1. The number of carbonyl (C=O) groups is 1. The Morgan fingerprint density at radius 3 is 2.32 bits per heavy atom. The van der Waals surface area contributed by atoms with E-state index in [9.17, 15) is 4.79 Å². The number of aryl methyl sites for hydroxylation is 1. The lowest BCUT2D eigenvalue weighted by Crippen LogP contribution is -2.43. The molecule has 3 heteroatoms. The van der Waals surface area contributed by atoms with Gasteiger partial charge in [0.25, 0.3) is 0 Å². The van der Waals surface area contributed by atoms with Crippen LogP contribution in [0, 0.1) is 0 Å². The van der Waals surface area contributed by atoms with Gasteiger partial charge in [-0.2, -0.15) is 0 Å². The van der Waals surface area contributed by atoms with Gasteiger partial charge in [-0.15, -0.1) is 0 Å². The van der Waals surface area contributed by atoms with E-state index in [-0.39, 0.29) is 5.91 Å². The summed E-state index contributed by atoms with van der Waals surface area (Å²) in [4.78, 5) is 13.2. The first-order valence-electron chi connectivity index (χ1n) is 7.25. The summed E-state index contributed by atoms with van der Waals surface area (Å²) in [5, 5.41) is 3.60. The van der Waals surface area contributed by atoms with Gasteiger partial charge >= 0.3 is 0 Å². The van der Waals surface area contributed by atoms with E-state index in [0.29, 0.717) is 6.04 Å². The molecular formula is C16H24N2O. The molecule has 0 unspecified atom stereocenters.